The normalized spacial score (nSPS) is 20.0. The van der Waals surface area contributed by atoms with Crippen LogP contribution in [-0.2, 0) is 4.74 Å². The highest BCUT2D eigenvalue weighted by Gasteiger charge is 2.46. The molecule has 0 bridgehead atoms. The summed E-state index contributed by atoms with van der Waals surface area (Å²) in [6.45, 7) is 9.85. The van der Waals surface area contributed by atoms with Crippen molar-refractivity contribution < 1.29 is 4.74 Å². The molecule has 1 aliphatic carbocycles. The quantitative estimate of drug-likeness (QED) is 0.658. The highest BCUT2D eigenvalue weighted by Crippen LogP contribution is 2.40. The summed E-state index contributed by atoms with van der Waals surface area (Å²) in [7, 11) is 1.73. The summed E-state index contributed by atoms with van der Waals surface area (Å²) >= 11 is 0. The van der Waals surface area contributed by atoms with E-state index < -0.39 is 0 Å². The van der Waals surface area contributed by atoms with E-state index in [0.29, 0.717) is 18.6 Å². The first-order valence-electron chi connectivity index (χ1n) is 7.52. The second-order valence-electron chi connectivity index (χ2n) is 5.65. The van der Waals surface area contributed by atoms with Crippen molar-refractivity contribution in [2.24, 2.45) is 5.92 Å². The summed E-state index contributed by atoms with van der Waals surface area (Å²) in [5.41, 5.74) is -0.367. The zero-order chi connectivity index (χ0) is 14.3. The summed E-state index contributed by atoms with van der Waals surface area (Å²) in [6, 6.07) is 2.93. The minimum Gasteiger partial charge on any atom is -0.383 e. The SMILES string of the molecule is CCCNC(C#N)(CN(CC)C(C)COC)C1CC1. The number of likely N-dealkylation sites (N-methyl/N-ethyl adjacent to an activating group) is 1. The predicted octanol–water partition coefficient (Wildman–Crippen LogP) is 2.02. The molecule has 1 aliphatic rings. The maximum atomic E-state index is 9.70. The van der Waals surface area contributed by atoms with Crippen molar-refractivity contribution in [3.05, 3.63) is 0 Å². The van der Waals surface area contributed by atoms with Crippen molar-refractivity contribution in [1.82, 2.24) is 10.2 Å². The van der Waals surface area contributed by atoms with E-state index in [4.69, 9.17) is 4.74 Å². The van der Waals surface area contributed by atoms with Crippen LogP contribution < -0.4 is 5.32 Å². The molecular formula is C15H29N3O. The predicted molar refractivity (Wildman–Crippen MR) is 77.9 cm³/mol. The van der Waals surface area contributed by atoms with Gasteiger partial charge in [0.2, 0.25) is 0 Å². The van der Waals surface area contributed by atoms with Crippen LogP contribution in [0.4, 0.5) is 0 Å². The van der Waals surface area contributed by atoms with E-state index in [1.807, 2.05) is 0 Å². The molecule has 0 radical (unpaired) electrons. The molecule has 0 aromatic rings. The Bertz CT molecular complexity index is 298. The summed E-state index contributed by atoms with van der Waals surface area (Å²) in [5, 5.41) is 13.2. The highest BCUT2D eigenvalue weighted by atomic mass is 16.5. The van der Waals surface area contributed by atoms with E-state index >= 15 is 0 Å². The Morgan fingerprint density at radius 3 is 2.58 bits per heavy atom. The Morgan fingerprint density at radius 2 is 2.16 bits per heavy atom. The second kappa shape index (κ2) is 7.84. The average Bonchev–Trinajstić information content (AvgIpc) is 3.25. The van der Waals surface area contributed by atoms with Crippen molar-refractivity contribution in [3.8, 4) is 6.07 Å². The van der Waals surface area contributed by atoms with Crippen molar-refractivity contribution in [3.63, 3.8) is 0 Å². The number of nitrogens with zero attached hydrogens (tertiary/aromatic N) is 2. The molecule has 0 aromatic carbocycles. The lowest BCUT2D eigenvalue weighted by atomic mass is 9.93. The van der Waals surface area contributed by atoms with E-state index in [-0.39, 0.29) is 5.54 Å². The van der Waals surface area contributed by atoms with Crippen LogP contribution in [0.3, 0.4) is 0 Å². The third-order valence-corrected chi connectivity index (χ3v) is 4.05. The third kappa shape index (κ3) is 4.45. The van der Waals surface area contributed by atoms with Gasteiger partial charge in [-0.15, -0.1) is 0 Å². The first-order valence-corrected chi connectivity index (χ1v) is 7.52. The molecule has 1 N–H and O–H groups in total. The number of hydrogen-bond acceptors (Lipinski definition) is 4. The van der Waals surface area contributed by atoms with E-state index in [9.17, 15) is 5.26 Å². The lowest BCUT2D eigenvalue weighted by Crippen LogP contribution is -2.56. The molecule has 0 aliphatic heterocycles. The van der Waals surface area contributed by atoms with Crippen LogP contribution in [0.5, 0.6) is 0 Å². The largest absolute Gasteiger partial charge is 0.383 e. The average molecular weight is 267 g/mol. The van der Waals surface area contributed by atoms with Crippen molar-refractivity contribution in [2.75, 3.05) is 33.4 Å². The van der Waals surface area contributed by atoms with E-state index in [1.165, 1.54) is 12.8 Å². The van der Waals surface area contributed by atoms with Crippen LogP contribution in [-0.4, -0.2) is 49.8 Å². The Balaban J connectivity index is 2.71. The molecule has 0 spiro atoms. The maximum Gasteiger partial charge on any atom is 0.122 e. The fourth-order valence-electron chi connectivity index (χ4n) is 2.67. The Morgan fingerprint density at radius 1 is 1.47 bits per heavy atom. The van der Waals surface area contributed by atoms with Crippen LogP contribution in [0.25, 0.3) is 0 Å². The molecule has 2 unspecified atom stereocenters. The van der Waals surface area contributed by atoms with Crippen molar-refractivity contribution in [2.45, 2.75) is 51.6 Å². The Labute approximate surface area is 118 Å². The van der Waals surface area contributed by atoms with Crippen molar-refractivity contribution in [1.29, 1.82) is 5.26 Å². The van der Waals surface area contributed by atoms with Gasteiger partial charge in [-0.25, -0.2) is 0 Å². The molecule has 0 heterocycles. The highest BCUT2D eigenvalue weighted by molar-refractivity contribution is 5.16. The number of nitrogens with one attached hydrogen (secondary N) is 1. The minimum absolute atomic E-state index is 0.352. The van der Waals surface area contributed by atoms with Crippen molar-refractivity contribution >= 4 is 0 Å². The molecule has 110 valence electrons. The van der Waals surface area contributed by atoms with Gasteiger partial charge in [0.1, 0.15) is 5.54 Å². The molecule has 19 heavy (non-hydrogen) atoms. The number of hydrogen-bond donors (Lipinski definition) is 1. The molecular weight excluding hydrogens is 238 g/mol. The molecule has 4 nitrogen and oxygen atoms in total. The molecule has 4 heteroatoms. The number of ether oxygens (including phenoxy) is 1. The van der Waals surface area contributed by atoms with E-state index in [1.54, 1.807) is 7.11 Å². The molecule has 0 saturated heterocycles. The fourth-order valence-corrected chi connectivity index (χ4v) is 2.67. The zero-order valence-corrected chi connectivity index (χ0v) is 12.9. The van der Waals surface area contributed by atoms with Gasteiger partial charge in [0.15, 0.2) is 0 Å². The zero-order valence-electron chi connectivity index (χ0n) is 12.9. The van der Waals surface area contributed by atoms with Gasteiger partial charge in [0.25, 0.3) is 0 Å². The number of nitriles is 1. The molecule has 0 aromatic heterocycles. The van der Waals surface area contributed by atoms with Gasteiger partial charge in [0, 0.05) is 19.7 Å². The van der Waals surface area contributed by atoms with E-state index in [2.05, 4.69) is 37.1 Å². The van der Waals surface area contributed by atoms with Gasteiger partial charge in [0.05, 0.1) is 12.7 Å². The second-order valence-corrected chi connectivity index (χ2v) is 5.65. The summed E-state index contributed by atoms with van der Waals surface area (Å²) in [5.74, 6) is 0.521. The van der Waals surface area contributed by atoms with Gasteiger partial charge in [-0.2, -0.15) is 5.26 Å². The first-order chi connectivity index (χ1) is 9.13. The van der Waals surface area contributed by atoms with Gasteiger partial charge < -0.3 is 4.74 Å². The summed E-state index contributed by atoms with van der Waals surface area (Å²) < 4.78 is 5.25. The minimum atomic E-state index is -0.367. The van der Waals surface area contributed by atoms with Gasteiger partial charge >= 0.3 is 0 Å². The number of methoxy groups -OCH3 is 1. The van der Waals surface area contributed by atoms with Gasteiger partial charge in [-0.1, -0.05) is 13.8 Å². The maximum absolute atomic E-state index is 9.70. The first kappa shape index (κ1) is 16.4. The smallest absolute Gasteiger partial charge is 0.122 e. The standard InChI is InChI=1S/C15H29N3O/c1-5-9-17-15(11-16,14-7-8-14)12-18(6-2)13(3)10-19-4/h13-14,17H,5-10,12H2,1-4H3. The monoisotopic (exact) mass is 267 g/mol. The van der Waals surface area contributed by atoms with Crippen LogP contribution >= 0.6 is 0 Å². The van der Waals surface area contributed by atoms with Gasteiger partial charge in [-0.3, -0.25) is 10.2 Å². The number of rotatable bonds is 10. The Hall–Kier alpha value is -0.630. The van der Waals surface area contributed by atoms with Gasteiger partial charge in [-0.05, 0) is 45.2 Å². The topological polar surface area (TPSA) is 48.3 Å². The molecule has 0 amide bonds. The fraction of sp³-hybridized carbons (Fsp3) is 0.933. The molecule has 1 saturated carbocycles. The van der Waals surface area contributed by atoms with Crippen LogP contribution in [0.2, 0.25) is 0 Å². The summed E-state index contributed by atoms with van der Waals surface area (Å²) in [4.78, 5) is 2.35. The lowest BCUT2D eigenvalue weighted by Gasteiger charge is -2.37. The van der Waals surface area contributed by atoms with Crippen LogP contribution in [0, 0.1) is 17.2 Å². The van der Waals surface area contributed by atoms with E-state index in [0.717, 1.165) is 26.1 Å². The Kier molecular flexibility index (Phi) is 6.78. The van der Waals surface area contributed by atoms with Crippen LogP contribution in [0.1, 0.15) is 40.0 Å². The van der Waals surface area contributed by atoms with Crippen LogP contribution in [0.15, 0.2) is 0 Å². The molecule has 1 fully saturated rings. The lowest BCUT2D eigenvalue weighted by molar-refractivity contribution is 0.0841. The molecule has 2 atom stereocenters. The summed E-state index contributed by atoms with van der Waals surface area (Å²) in [6.07, 6.45) is 3.43. The molecule has 1 rings (SSSR count). The third-order valence-electron chi connectivity index (χ3n) is 4.05.